The van der Waals surface area contributed by atoms with Gasteiger partial charge in [-0.1, -0.05) is 68.0 Å². The maximum Gasteiger partial charge on any atom is 0.234 e. The van der Waals surface area contributed by atoms with Gasteiger partial charge in [0.15, 0.2) is 0 Å². The molecule has 3 fully saturated rings. The first-order chi connectivity index (χ1) is 17.0. The minimum absolute atomic E-state index is 0.0156. The highest BCUT2D eigenvalue weighted by Crippen LogP contribution is 2.51. The van der Waals surface area contributed by atoms with E-state index in [1.54, 1.807) is 11.0 Å². The number of aromatic hydroxyl groups is 1. The van der Waals surface area contributed by atoms with Crippen molar-refractivity contribution in [2.75, 3.05) is 6.61 Å². The first-order valence-electron chi connectivity index (χ1n) is 13.6. The van der Waals surface area contributed by atoms with Crippen LogP contribution in [0.3, 0.4) is 0 Å². The van der Waals surface area contributed by atoms with Crippen LogP contribution in [0.5, 0.6) is 5.75 Å². The predicted octanol–water partition coefficient (Wildman–Crippen LogP) is 6.03. The van der Waals surface area contributed by atoms with Crippen LogP contribution in [0.1, 0.15) is 83.6 Å². The lowest BCUT2D eigenvalue weighted by Gasteiger charge is -2.32. The Morgan fingerprint density at radius 3 is 2.63 bits per heavy atom. The maximum atomic E-state index is 13.7. The van der Waals surface area contributed by atoms with Gasteiger partial charge in [0.2, 0.25) is 11.8 Å². The fraction of sp³-hybridized carbons (Fsp3) is 0.600. The van der Waals surface area contributed by atoms with E-state index in [1.807, 2.05) is 24.3 Å². The first kappa shape index (κ1) is 24.3. The van der Waals surface area contributed by atoms with Crippen molar-refractivity contribution in [3.63, 3.8) is 0 Å². The van der Waals surface area contributed by atoms with Gasteiger partial charge in [-0.05, 0) is 57.1 Å². The molecule has 2 heterocycles. The molecule has 5 nitrogen and oxygen atoms in total. The van der Waals surface area contributed by atoms with E-state index in [2.05, 4.69) is 13.8 Å². The number of carbonyl (C=O) groups excluding carboxylic acids is 2. The lowest BCUT2D eigenvalue weighted by Crippen LogP contribution is -2.42. The maximum absolute atomic E-state index is 13.7. The van der Waals surface area contributed by atoms with Crippen LogP contribution < -0.4 is 0 Å². The summed E-state index contributed by atoms with van der Waals surface area (Å²) in [4.78, 5) is 28.8. The van der Waals surface area contributed by atoms with Crippen molar-refractivity contribution >= 4 is 17.9 Å². The molecular weight excluding hydrogens is 438 g/mol. The van der Waals surface area contributed by atoms with E-state index in [4.69, 9.17) is 4.74 Å². The quantitative estimate of drug-likeness (QED) is 0.385. The average Bonchev–Trinajstić information content (AvgIpc) is 3.39. The molecule has 0 radical (unpaired) electrons. The van der Waals surface area contributed by atoms with Gasteiger partial charge in [-0.3, -0.25) is 14.5 Å². The third-order valence-corrected chi connectivity index (χ3v) is 8.67. The monoisotopic (exact) mass is 477 g/mol. The van der Waals surface area contributed by atoms with Crippen molar-refractivity contribution in [3.05, 3.63) is 46.5 Å². The molecule has 2 saturated heterocycles. The summed E-state index contributed by atoms with van der Waals surface area (Å²) in [6.45, 7) is 4.83. The third kappa shape index (κ3) is 4.60. The number of hydrogen-bond donors (Lipinski definition) is 1. The zero-order valence-electron chi connectivity index (χ0n) is 21.2. The Morgan fingerprint density at radius 2 is 1.89 bits per heavy atom. The van der Waals surface area contributed by atoms with Crippen LogP contribution in [0.25, 0.3) is 6.08 Å². The van der Waals surface area contributed by atoms with E-state index in [0.29, 0.717) is 12.4 Å². The standard InChI is InChI=1S/C30H39NO4/c1-3-9-21-17-23-28(30(34)31(29(23)33)22-11-5-4-6-12-22)24-18-35-26(27(21)24)15-14-19(2)16-20-10-7-8-13-25(20)32/h7-8,10,13,16,22-24,26,28,32H,3-6,9,11-12,14-15,17-18H2,1-2H3/b19-16+/t23-,24+,26-,28-/m1/s1. The Balaban J connectivity index is 1.34. The Morgan fingerprint density at radius 1 is 1.11 bits per heavy atom. The molecule has 5 heteroatoms. The summed E-state index contributed by atoms with van der Waals surface area (Å²) in [6, 6.07) is 7.50. The Labute approximate surface area is 209 Å². The van der Waals surface area contributed by atoms with Gasteiger partial charge < -0.3 is 9.84 Å². The topological polar surface area (TPSA) is 66.8 Å². The number of rotatable bonds is 7. The second-order valence-electron chi connectivity index (χ2n) is 11.0. The van der Waals surface area contributed by atoms with E-state index >= 15 is 0 Å². The molecule has 188 valence electrons. The molecule has 5 rings (SSSR count). The molecule has 1 N–H and O–H groups in total. The van der Waals surface area contributed by atoms with Crippen molar-refractivity contribution < 1.29 is 19.4 Å². The van der Waals surface area contributed by atoms with Gasteiger partial charge in [0.1, 0.15) is 5.75 Å². The molecule has 0 bridgehead atoms. The number of phenolic OH excluding ortho intramolecular Hbond substituents is 1. The van der Waals surface area contributed by atoms with Gasteiger partial charge in [-0.25, -0.2) is 0 Å². The number of hydrogen-bond acceptors (Lipinski definition) is 4. The van der Waals surface area contributed by atoms with Gasteiger partial charge in [0.05, 0.1) is 24.5 Å². The van der Waals surface area contributed by atoms with E-state index < -0.39 is 0 Å². The smallest absolute Gasteiger partial charge is 0.234 e. The Bertz CT molecular complexity index is 1030. The highest BCUT2D eigenvalue weighted by atomic mass is 16.5. The van der Waals surface area contributed by atoms with Crippen molar-refractivity contribution in [2.24, 2.45) is 17.8 Å². The van der Waals surface area contributed by atoms with Crippen molar-refractivity contribution in [1.29, 1.82) is 0 Å². The highest BCUT2D eigenvalue weighted by molar-refractivity contribution is 6.06. The largest absolute Gasteiger partial charge is 0.507 e. The number of carbonyl (C=O) groups is 2. The van der Waals surface area contributed by atoms with Crippen LogP contribution in [0.4, 0.5) is 0 Å². The predicted molar refractivity (Wildman–Crippen MR) is 136 cm³/mol. The zero-order chi connectivity index (χ0) is 24.5. The molecule has 1 aromatic carbocycles. The number of phenols is 1. The molecule has 1 saturated carbocycles. The van der Waals surface area contributed by atoms with Gasteiger partial charge in [0, 0.05) is 17.5 Å². The van der Waals surface area contributed by atoms with E-state index in [1.165, 1.54) is 23.1 Å². The van der Waals surface area contributed by atoms with E-state index in [-0.39, 0.29) is 41.7 Å². The number of ether oxygens (including phenoxy) is 1. The first-order valence-corrected chi connectivity index (χ1v) is 13.6. The van der Waals surface area contributed by atoms with Crippen molar-refractivity contribution in [2.45, 2.75) is 90.2 Å². The second-order valence-corrected chi connectivity index (χ2v) is 11.0. The number of fused-ring (bicyclic) bond motifs is 3. The molecule has 0 unspecified atom stereocenters. The van der Waals surface area contributed by atoms with Gasteiger partial charge >= 0.3 is 0 Å². The lowest BCUT2D eigenvalue weighted by molar-refractivity contribution is -0.143. The number of allylic oxidation sites excluding steroid dienone is 2. The van der Waals surface area contributed by atoms with Crippen LogP contribution in [-0.2, 0) is 14.3 Å². The molecular formula is C30H39NO4. The number of para-hydroxylation sites is 1. The molecule has 0 spiro atoms. The van der Waals surface area contributed by atoms with E-state index in [9.17, 15) is 14.7 Å². The molecule has 4 atom stereocenters. The van der Waals surface area contributed by atoms with Crippen LogP contribution in [-0.4, -0.2) is 40.6 Å². The van der Waals surface area contributed by atoms with Crippen LogP contribution in [0.15, 0.2) is 41.0 Å². The van der Waals surface area contributed by atoms with Crippen molar-refractivity contribution in [3.8, 4) is 5.75 Å². The molecule has 2 amide bonds. The summed E-state index contributed by atoms with van der Waals surface area (Å²) in [5, 5.41) is 10.1. The second kappa shape index (κ2) is 10.3. The fourth-order valence-corrected chi connectivity index (χ4v) is 7.04. The molecule has 0 aromatic heterocycles. The minimum Gasteiger partial charge on any atom is -0.507 e. The van der Waals surface area contributed by atoms with Crippen LogP contribution >= 0.6 is 0 Å². The van der Waals surface area contributed by atoms with Gasteiger partial charge in [-0.2, -0.15) is 0 Å². The van der Waals surface area contributed by atoms with Gasteiger partial charge in [0.25, 0.3) is 0 Å². The fourth-order valence-electron chi connectivity index (χ4n) is 7.04. The number of nitrogens with zero attached hydrogens (tertiary/aromatic N) is 1. The number of likely N-dealkylation sites (tertiary alicyclic amines) is 1. The zero-order valence-corrected chi connectivity index (χ0v) is 21.2. The number of amides is 2. The third-order valence-electron chi connectivity index (χ3n) is 8.67. The Hall–Kier alpha value is -2.40. The normalized spacial score (nSPS) is 29.7. The molecule has 35 heavy (non-hydrogen) atoms. The van der Waals surface area contributed by atoms with Crippen LogP contribution in [0.2, 0.25) is 0 Å². The summed E-state index contributed by atoms with van der Waals surface area (Å²) in [6.07, 6.45) is 11.9. The molecule has 2 aliphatic heterocycles. The number of benzene rings is 1. The van der Waals surface area contributed by atoms with E-state index in [0.717, 1.165) is 63.4 Å². The summed E-state index contributed by atoms with van der Waals surface area (Å²) >= 11 is 0. The van der Waals surface area contributed by atoms with Gasteiger partial charge in [-0.15, -0.1) is 0 Å². The minimum atomic E-state index is -0.233. The number of imide groups is 1. The molecule has 4 aliphatic rings. The van der Waals surface area contributed by atoms with Crippen molar-refractivity contribution in [1.82, 2.24) is 4.90 Å². The summed E-state index contributed by atoms with van der Waals surface area (Å²) in [7, 11) is 0. The SMILES string of the molecule is CCCC1=C2[C@@H](CC/C(C)=C/c3ccccc3O)OC[C@@H]2[C@@H]2C(=O)N(C3CCCCC3)C(=O)[C@@H]2C1. The summed E-state index contributed by atoms with van der Waals surface area (Å²) < 4.78 is 6.36. The lowest BCUT2D eigenvalue weighted by atomic mass is 9.68. The molecule has 2 aliphatic carbocycles. The highest BCUT2D eigenvalue weighted by Gasteiger charge is 2.57. The Kier molecular flexibility index (Phi) is 7.15. The summed E-state index contributed by atoms with van der Waals surface area (Å²) in [5.74, 6) is 0.0806. The average molecular weight is 478 g/mol. The molecule has 1 aromatic rings. The van der Waals surface area contributed by atoms with Crippen LogP contribution in [0, 0.1) is 17.8 Å². The summed E-state index contributed by atoms with van der Waals surface area (Å²) in [5.41, 5.74) is 4.73.